The minimum Gasteiger partial charge on any atom is -0.394 e. The number of amides is 1. The highest BCUT2D eigenvalue weighted by molar-refractivity contribution is 6.00. The summed E-state index contributed by atoms with van der Waals surface area (Å²) in [6.07, 6.45) is 0. The van der Waals surface area contributed by atoms with Gasteiger partial charge in [-0.2, -0.15) is 0 Å². The Kier molecular flexibility index (Phi) is 5.06. The van der Waals surface area contributed by atoms with Gasteiger partial charge >= 0.3 is 0 Å². The molecule has 1 amide bonds. The van der Waals surface area contributed by atoms with Crippen LogP contribution in [0.15, 0.2) is 42.5 Å². The maximum absolute atomic E-state index is 12.5. The van der Waals surface area contributed by atoms with Crippen LogP contribution in [0.4, 0.5) is 11.4 Å². The summed E-state index contributed by atoms with van der Waals surface area (Å²) in [6, 6.07) is 13.5. The minimum absolute atomic E-state index is 0.120. The molecule has 0 radical (unpaired) electrons. The molecule has 0 fully saturated rings. The molecule has 2 aromatic rings. The second-order valence-corrected chi connectivity index (χ2v) is 6.49. The number of nitrogens with one attached hydrogen (secondary N) is 2. The van der Waals surface area contributed by atoms with Gasteiger partial charge in [0.15, 0.2) is 0 Å². The zero-order valence-electron chi connectivity index (χ0n) is 14.1. The lowest BCUT2D eigenvalue weighted by Gasteiger charge is -2.24. The molecule has 0 aromatic heterocycles. The molecular weight excluding hydrogens is 288 g/mol. The molecule has 2 aromatic carbocycles. The van der Waals surface area contributed by atoms with Crippen LogP contribution in [0.5, 0.6) is 0 Å². The Morgan fingerprint density at radius 1 is 1.09 bits per heavy atom. The molecule has 23 heavy (non-hydrogen) atoms. The van der Waals surface area contributed by atoms with Gasteiger partial charge < -0.3 is 15.7 Å². The first kappa shape index (κ1) is 17.0. The van der Waals surface area contributed by atoms with Gasteiger partial charge in [-0.3, -0.25) is 4.79 Å². The van der Waals surface area contributed by atoms with Crippen molar-refractivity contribution in [1.29, 1.82) is 0 Å². The number of aliphatic hydroxyl groups excluding tert-OH is 1. The van der Waals surface area contributed by atoms with Crippen LogP contribution in [0, 0.1) is 13.8 Å². The normalized spacial score (nSPS) is 11.2. The van der Waals surface area contributed by atoms with Crippen LogP contribution in [0.1, 0.15) is 35.3 Å². The van der Waals surface area contributed by atoms with Gasteiger partial charge in [0.25, 0.3) is 5.91 Å². The molecule has 0 atom stereocenters. The van der Waals surface area contributed by atoms with Crippen molar-refractivity contribution >= 4 is 17.3 Å². The Morgan fingerprint density at radius 3 is 2.43 bits per heavy atom. The first-order chi connectivity index (χ1) is 10.8. The zero-order valence-corrected chi connectivity index (χ0v) is 14.1. The molecule has 3 N–H and O–H groups in total. The van der Waals surface area contributed by atoms with E-state index in [4.69, 9.17) is 0 Å². The maximum Gasteiger partial charge on any atom is 0.253 e. The molecule has 4 nitrogen and oxygen atoms in total. The Bertz CT molecular complexity index is 708. The van der Waals surface area contributed by atoms with Crippen molar-refractivity contribution in [3.8, 4) is 0 Å². The average molecular weight is 312 g/mol. The zero-order chi connectivity index (χ0) is 17.0. The standard InChI is InChI=1S/C19H24N2O2/c1-13-9-10-16(14(2)11-13)20-17-8-6-5-7-15(17)18(23)21-19(3,4)12-22/h5-11,20,22H,12H2,1-4H3,(H,21,23). The number of aliphatic hydroxyl groups is 1. The van der Waals surface area contributed by atoms with E-state index >= 15 is 0 Å². The smallest absolute Gasteiger partial charge is 0.253 e. The SMILES string of the molecule is Cc1ccc(Nc2ccccc2C(=O)NC(C)(C)CO)c(C)c1. The summed E-state index contributed by atoms with van der Waals surface area (Å²) in [5.74, 6) is -0.211. The first-order valence-electron chi connectivity index (χ1n) is 7.69. The lowest BCUT2D eigenvalue weighted by molar-refractivity contribution is 0.0870. The first-order valence-corrected chi connectivity index (χ1v) is 7.69. The molecule has 122 valence electrons. The molecule has 0 bridgehead atoms. The van der Waals surface area contributed by atoms with Gasteiger partial charge in [0.05, 0.1) is 23.4 Å². The summed E-state index contributed by atoms with van der Waals surface area (Å²) in [4.78, 5) is 12.5. The predicted molar refractivity (Wildman–Crippen MR) is 94.3 cm³/mol. The third-order valence-electron chi connectivity index (χ3n) is 3.67. The van der Waals surface area contributed by atoms with Gasteiger partial charge in [-0.05, 0) is 51.5 Å². The summed E-state index contributed by atoms with van der Waals surface area (Å²) < 4.78 is 0. The predicted octanol–water partition coefficient (Wildman–Crippen LogP) is 3.55. The third-order valence-corrected chi connectivity index (χ3v) is 3.67. The van der Waals surface area contributed by atoms with Crippen molar-refractivity contribution in [3.63, 3.8) is 0 Å². The van der Waals surface area contributed by atoms with Gasteiger partial charge in [0.1, 0.15) is 0 Å². The summed E-state index contributed by atoms with van der Waals surface area (Å²) in [6.45, 7) is 7.53. The highest BCUT2D eigenvalue weighted by Crippen LogP contribution is 2.24. The van der Waals surface area contributed by atoms with E-state index in [-0.39, 0.29) is 12.5 Å². The van der Waals surface area contributed by atoms with Crippen molar-refractivity contribution in [2.45, 2.75) is 33.2 Å². The number of hydrogen-bond acceptors (Lipinski definition) is 3. The number of anilines is 2. The van der Waals surface area contributed by atoms with Crippen LogP contribution in [-0.4, -0.2) is 23.2 Å². The van der Waals surface area contributed by atoms with E-state index in [9.17, 15) is 9.90 Å². The van der Waals surface area contributed by atoms with Crippen molar-refractivity contribution in [2.75, 3.05) is 11.9 Å². The van der Waals surface area contributed by atoms with Crippen LogP contribution >= 0.6 is 0 Å². The summed E-state index contributed by atoms with van der Waals surface area (Å²) >= 11 is 0. The second-order valence-electron chi connectivity index (χ2n) is 6.49. The number of carbonyl (C=O) groups excluding carboxylic acids is 1. The van der Waals surface area contributed by atoms with E-state index in [0.717, 1.165) is 16.9 Å². The Hall–Kier alpha value is -2.33. The molecule has 0 saturated heterocycles. The summed E-state index contributed by atoms with van der Waals surface area (Å²) in [5.41, 5.74) is 3.92. The van der Waals surface area contributed by atoms with Gasteiger partial charge in [-0.15, -0.1) is 0 Å². The number of aryl methyl sites for hydroxylation is 2. The van der Waals surface area contributed by atoms with Gasteiger partial charge in [-0.1, -0.05) is 29.8 Å². The average Bonchev–Trinajstić information content (AvgIpc) is 2.50. The molecule has 0 aliphatic heterocycles. The third kappa shape index (κ3) is 4.33. The van der Waals surface area contributed by atoms with Crippen LogP contribution in [0.25, 0.3) is 0 Å². The lowest BCUT2D eigenvalue weighted by Crippen LogP contribution is -2.46. The Labute approximate surface area is 137 Å². The lowest BCUT2D eigenvalue weighted by atomic mass is 10.0. The minimum atomic E-state index is -0.663. The molecule has 0 heterocycles. The molecule has 0 aliphatic carbocycles. The second kappa shape index (κ2) is 6.84. The van der Waals surface area contributed by atoms with E-state index in [1.807, 2.05) is 37.3 Å². The van der Waals surface area contributed by atoms with E-state index < -0.39 is 5.54 Å². The van der Waals surface area contributed by atoms with Crippen LogP contribution < -0.4 is 10.6 Å². The quantitative estimate of drug-likeness (QED) is 0.791. The highest BCUT2D eigenvalue weighted by Gasteiger charge is 2.21. The number of benzene rings is 2. The Balaban J connectivity index is 2.29. The fourth-order valence-corrected chi connectivity index (χ4v) is 2.30. The molecule has 0 unspecified atom stereocenters. The highest BCUT2D eigenvalue weighted by atomic mass is 16.3. The summed E-state index contributed by atoms with van der Waals surface area (Å²) in [5, 5.41) is 15.5. The fourth-order valence-electron chi connectivity index (χ4n) is 2.30. The van der Waals surface area contributed by atoms with Crippen molar-refractivity contribution < 1.29 is 9.90 Å². The monoisotopic (exact) mass is 312 g/mol. The molecule has 0 spiro atoms. The number of hydrogen-bond donors (Lipinski definition) is 3. The van der Waals surface area contributed by atoms with E-state index in [1.165, 1.54) is 5.56 Å². The van der Waals surface area contributed by atoms with Crippen LogP contribution in [-0.2, 0) is 0 Å². The number of rotatable bonds is 5. The largest absolute Gasteiger partial charge is 0.394 e. The van der Waals surface area contributed by atoms with Crippen LogP contribution in [0.2, 0.25) is 0 Å². The molecule has 0 saturated carbocycles. The molecular formula is C19H24N2O2. The Morgan fingerprint density at radius 2 is 1.78 bits per heavy atom. The van der Waals surface area contributed by atoms with Crippen molar-refractivity contribution in [2.24, 2.45) is 0 Å². The van der Waals surface area contributed by atoms with E-state index in [2.05, 4.69) is 23.6 Å². The molecule has 2 rings (SSSR count). The van der Waals surface area contributed by atoms with Gasteiger partial charge in [0, 0.05) is 5.69 Å². The summed E-state index contributed by atoms with van der Waals surface area (Å²) in [7, 11) is 0. The van der Waals surface area contributed by atoms with E-state index in [1.54, 1.807) is 19.9 Å². The number of carbonyl (C=O) groups is 1. The number of para-hydroxylation sites is 1. The van der Waals surface area contributed by atoms with E-state index in [0.29, 0.717) is 5.56 Å². The maximum atomic E-state index is 12.5. The van der Waals surface area contributed by atoms with Crippen LogP contribution in [0.3, 0.4) is 0 Å². The molecule has 0 aliphatic rings. The molecule has 4 heteroatoms. The van der Waals surface area contributed by atoms with Crippen molar-refractivity contribution in [3.05, 3.63) is 59.2 Å². The van der Waals surface area contributed by atoms with Gasteiger partial charge in [-0.25, -0.2) is 0 Å². The van der Waals surface area contributed by atoms with Crippen molar-refractivity contribution in [1.82, 2.24) is 5.32 Å². The van der Waals surface area contributed by atoms with Gasteiger partial charge in [0.2, 0.25) is 0 Å². The topological polar surface area (TPSA) is 61.4 Å². The fraction of sp³-hybridized carbons (Fsp3) is 0.316.